The molecule has 1 unspecified atom stereocenters. The van der Waals surface area contributed by atoms with Crippen molar-refractivity contribution in [3.05, 3.63) is 53.6 Å². The molecule has 2 nitrogen and oxygen atoms in total. The number of para-hydroxylation sites is 1. The van der Waals surface area contributed by atoms with Crippen molar-refractivity contribution in [3.63, 3.8) is 0 Å². The van der Waals surface area contributed by atoms with Gasteiger partial charge < -0.3 is 10.5 Å². The Labute approximate surface area is 114 Å². The Morgan fingerprint density at radius 3 is 2.68 bits per heavy atom. The third-order valence-corrected chi connectivity index (χ3v) is 3.75. The van der Waals surface area contributed by atoms with Gasteiger partial charge in [-0.1, -0.05) is 42.5 Å². The normalized spacial score (nSPS) is 17.1. The third kappa shape index (κ3) is 2.24. The number of aryl methyl sites for hydroxylation is 1. The molecule has 1 aliphatic rings. The second-order valence-electron chi connectivity index (χ2n) is 5.13. The molecule has 2 aromatic rings. The lowest BCUT2D eigenvalue weighted by molar-refractivity contribution is 0.225. The van der Waals surface area contributed by atoms with Gasteiger partial charge in [-0.3, -0.25) is 0 Å². The standard InChI is InChI=1S/C17H19NO/c1-12-5-2-3-7-15(12)16-8-4-6-13-11-14(9-10-18)19-17(13)16/h2-8,14H,9-11,18H2,1H3. The van der Waals surface area contributed by atoms with Crippen LogP contribution in [0.3, 0.4) is 0 Å². The molecule has 1 heterocycles. The minimum Gasteiger partial charge on any atom is -0.489 e. The molecule has 2 N–H and O–H groups in total. The monoisotopic (exact) mass is 253 g/mol. The SMILES string of the molecule is Cc1ccccc1-c1cccc2c1OC(CCN)C2. The number of hydrogen-bond donors (Lipinski definition) is 1. The van der Waals surface area contributed by atoms with Gasteiger partial charge in [0.05, 0.1) is 0 Å². The molecule has 1 atom stereocenters. The summed E-state index contributed by atoms with van der Waals surface area (Å²) in [7, 11) is 0. The van der Waals surface area contributed by atoms with Crippen LogP contribution in [-0.2, 0) is 6.42 Å². The highest BCUT2D eigenvalue weighted by molar-refractivity contribution is 5.75. The van der Waals surface area contributed by atoms with Crippen molar-refractivity contribution in [2.75, 3.05) is 6.54 Å². The van der Waals surface area contributed by atoms with Crippen LogP contribution in [-0.4, -0.2) is 12.6 Å². The zero-order chi connectivity index (χ0) is 13.2. The van der Waals surface area contributed by atoms with Crippen LogP contribution in [0.25, 0.3) is 11.1 Å². The highest BCUT2D eigenvalue weighted by Gasteiger charge is 2.25. The van der Waals surface area contributed by atoms with Crippen LogP contribution in [0.2, 0.25) is 0 Å². The van der Waals surface area contributed by atoms with Crippen LogP contribution >= 0.6 is 0 Å². The van der Waals surface area contributed by atoms with E-state index in [2.05, 4.69) is 49.4 Å². The lowest BCUT2D eigenvalue weighted by Gasteiger charge is -2.13. The molecule has 19 heavy (non-hydrogen) atoms. The molecule has 0 bridgehead atoms. The van der Waals surface area contributed by atoms with Gasteiger partial charge in [-0.2, -0.15) is 0 Å². The maximum atomic E-state index is 6.11. The molecule has 2 heteroatoms. The molecule has 0 saturated heterocycles. The largest absolute Gasteiger partial charge is 0.489 e. The first-order valence-corrected chi connectivity index (χ1v) is 6.84. The first-order valence-electron chi connectivity index (χ1n) is 6.84. The minimum atomic E-state index is 0.241. The van der Waals surface area contributed by atoms with E-state index in [4.69, 9.17) is 10.5 Å². The van der Waals surface area contributed by atoms with Crippen LogP contribution in [0, 0.1) is 6.92 Å². The Morgan fingerprint density at radius 1 is 1.11 bits per heavy atom. The van der Waals surface area contributed by atoms with Gasteiger partial charge in [0.25, 0.3) is 0 Å². The van der Waals surface area contributed by atoms with Crippen LogP contribution in [0.4, 0.5) is 0 Å². The fourth-order valence-corrected chi connectivity index (χ4v) is 2.77. The van der Waals surface area contributed by atoms with Crippen molar-refractivity contribution in [3.8, 4) is 16.9 Å². The summed E-state index contributed by atoms with van der Waals surface area (Å²) in [4.78, 5) is 0. The molecule has 0 aromatic heterocycles. The van der Waals surface area contributed by atoms with Gasteiger partial charge in [-0.25, -0.2) is 0 Å². The summed E-state index contributed by atoms with van der Waals surface area (Å²) >= 11 is 0. The summed E-state index contributed by atoms with van der Waals surface area (Å²) in [6.45, 7) is 2.82. The summed E-state index contributed by atoms with van der Waals surface area (Å²) in [5.74, 6) is 1.05. The molecule has 0 spiro atoms. The topological polar surface area (TPSA) is 35.2 Å². The predicted octanol–water partition coefficient (Wildman–Crippen LogP) is 3.31. The molecule has 1 aliphatic heterocycles. The maximum absolute atomic E-state index is 6.11. The third-order valence-electron chi connectivity index (χ3n) is 3.75. The Morgan fingerprint density at radius 2 is 1.89 bits per heavy atom. The van der Waals surface area contributed by atoms with E-state index < -0.39 is 0 Å². The van der Waals surface area contributed by atoms with Gasteiger partial charge >= 0.3 is 0 Å². The smallest absolute Gasteiger partial charge is 0.130 e. The summed E-state index contributed by atoms with van der Waals surface area (Å²) in [6, 6.07) is 14.9. The van der Waals surface area contributed by atoms with Gasteiger partial charge in [-0.15, -0.1) is 0 Å². The number of hydrogen-bond acceptors (Lipinski definition) is 2. The van der Waals surface area contributed by atoms with E-state index in [0.717, 1.165) is 18.6 Å². The molecule has 0 fully saturated rings. The molecule has 0 radical (unpaired) electrons. The Bertz CT molecular complexity index is 592. The van der Waals surface area contributed by atoms with Crippen molar-refractivity contribution in [2.45, 2.75) is 25.9 Å². The predicted molar refractivity (Wildman–Crippen MR) is 78.4 cm³/mol. The summed E-state index contributed by atoms with van der Waals surface area (Å²) in [6.07, 6.45) is 2.14. The number of benzene rings is 2. The fourth-order valence-electron chi connectivity index (χ4n) is 2.77. The average molecular weight is 253 g/mol. The van der Waals surface area contributed by atoms with Gasteiger partial charge in [-0.05, 0) is 36.6 Å². The second kappa shape index (κ2) is 5.06. The highest BCUT2D eigenvalue weighted by atomic mass is 16.5. The molecular formula is C17H19NO. The van der Waals surface area contributed by atoms with Crippen molar-refractivity contribution < 1.29 is 4.74 Å². The van der Waals surface area contributed by atoms with E-state index in [1.165, 1.54) is 22.3 Å². The quantitative estimate of drug-likeness (QED) is 0.910. The van der Waals surface area contributed by atoms with Crippen molar-refractivity contribution in [2.24, 2.45) is 5.73 Å². The average Bonchev–Trinajstić information content (AvgIpc) is 2.82. The van der Waals surface area contributed by atoms with Crippen LogP contribution in [0.1, 0.15) is 17.5 Å². The molecule has 98 valence electrons. The van der Waals surface area contributed by atoms with Gasteiger partial charge in [0.1, 0.15) is 11.9 Å². The summed E-state index contributed by atoms with van der Waals surface area (Å²) < 4.78 is 6.11. The zero-order valence-electron chi connectivity index (χ0n) is 11.2. The second-order valence-corrected chi connectivity index (χ2v) is 5.13. The molecular weight excluding hydrogens is 234 g/mol. The lowest BCUT2D eigenvalue weighted by Crippen LogP contribution is -2.17. The molecule has 0 saturated carbocycles. The van der Waals surface area contributed by atoms with Gasteiger partial charge in [0.2, 0.25) is 0 Å². The minimum absolute atomic E-state index is 0.241. The van der Waals surface area contributed by atoms with E-state index in [0.29, 0.717) is 6.54 Å². The fraction of sp³-hybridized carbons (Fsp3) is 0.294. The van der Waals surface area contributed by atoms with E-state index >= 15 is 0 Å². The number of fused-ring (bicyclic) bond motifs is 1. The summed E-state index contributed by atoms with van der Waals surface area (Å²) in [5, 5.41) is 0. The van der Waals surface area contributed by atoms with E-state index in [1.54, 1.807) is 0 Å². The van der Waals surface area contributed by atoms with Crippen LogP contribution in [0.5, 0.6) is 5.75 Å². The number of rotatable bonds is 3. The first-order chi connectivity index (χ1) is 9.29. The van der Waals surface area contributed by atoms with Crippen molar-refractivity contribution in [1.82, 2.24) is 0 Å². The number of ether oxygens (including phenoxy) is 1. The van der Waals surface area contributed by atoms with Crippen LogP contribution in [0.15, 0.2) is 42.5 Å². The van der Waals surface area contributed by atoms with Gasteiger partial charge in [0.15, 0.2) is 0 Å². The first kappa shape index (κ1) is 12.2. The Balaban J connectivity index is 2.03. The van der Waals surface area contributed by atoms with E-state index in [9.17, 15) is 0 Å². The van der Waals surface area contributed by atoms with E-state index in [-0.39, 0.29) is 6.10 Å². The van der Waals surface area contributed by atoms with Gasteiger partial charge in [0, 0.05) is 12.0 Å². The van der Waals surface area contributed by atoms with Crippen molar-refractivity contribution >= 4 is 0 Å². The highest BCUT2D eigenvalue weighted by Crippen LogP contribution is 2.40. The summed E-state index contributed by atoms with van der Waals surface area (Å²) in [5.41, 5.74) is 10.7. The Kier molecular flexibility index (Phi) is 3.26. The zero-order valence-corrected chi connectivity index (χ0v) is 11.2. The molecule has 0 aliphatic carbocycles. The molecule has 3 rings (SSSR count). The lowest BCUT2D eigenvalue weighted by atomic mass is 9.97. The maximum Gasteiger partial charge on any atom is 0.130 e. The van der Waals surface area contributed by atoms with Crippen LogP contribution < -0.4 is 10.5 Å². The molecule has 0 amide bonds. The molecule has 2 aromatic carbocycles. The number of nitrogens with two attached hydrogens (primary N) is 1. The Hall–Kier alpha value is -1.80. The van der Waals surface area contributed by atoms with E-state index in [1.807, 2.05) is 0 Å². The van der Waals surface area contributed by atoms with Crippen molar-refractivity contribution in [1.29, 1.82) is 0 Å².